The molecule has 0 radical (unpaired) electrons. The lowest BCUT2D eigenvalue weighted by atomic mass is 10.2. The molecule has 0 bridgehead atoms. The molecule has 0 saturated carbocycles. The summed E-state index contributed by atoms with van der Waals surface area (Å²) in [5.74, 6) is 0.929. The van der Waals surface area contributed by atoms with Gasteiger partial charge in [-0.25, -0.2) is 0 Å². The normalized spacial score (nSPS) is 9.67. The number of unbranched alkanes of at least 4 members (excludes halogenated alkanes) is 1. The summed E-state index contributed by atoms with van der Waals surface area (Å²) >= 11 is 0. The Kier molecular flexibility index (Phi) is 5.38. The van der Waals surface area contributed by atoms with Gasteiger partial charge in [-0.05, 0) is 31.9 Å². The van der Waals surface area contributed by atoms with Crippen LogP contribution in [0.3, 0.4) is 0 Å². The van der Waals surface area contributed by atoms with E-state index in [1.54, 1.807) is 0 Å². The average Bonchev–Trinajstić information content (AvgIpc) is 2.27. The topological polar surface area (TPSA) is 21.3 Å². The van der Waals surface area contributed by atoms with Crippen molar-refractivity contribution in [2.45, 2.75) is 19.8 Å². The summed E-state index contributed by atoms with van der Waals surface area (Å²) in [6, 6.07) is 8.02. The minimum Gasteiger partial charge on any atom is -0.492 e. The number of hydrogen-bond acceptors (Lipinski definition) is 2. The maximum Gasteiger partial charge on any atom is 0.142 e. The first-order valence-electron chi connectivity index (χ1n) is 5.45. The predicted molar refractivity (Wildman–Crippen MR) is 65.5 cm³/mol. The summed E-state index contributed by atoms with van der Waals surface area (Å²) < 4.78 is 5.51. The summed E-state index contributed by atoms with van der Waals surface area (Å²) in [6.07, 6.45) is 4.09. The van der Waals surface area contributed by atoms with Crippen LogP contribution in [-0.4, -0.2) is 13.2 Å². The van der Waals surface area contributed by atoms with Crippen molar-refractivity contribution in [2.24, 2.45) is 0 Å². The number of rotatable bonds is 7. The third kappa shape index (κ3) is 4.07. The Hall–Kier alpha value is -1.44. The Bertz CT molecular complexity index is 296. The number of anilines is 1. The van der Waals surface area contributed by atoms with Crippen molar-refractivity contribution in [3.05, 3.63) is 36.9 Å². The second kappa shape index (κ2) is 6.93. The van der Waals surface area contributed by atoms with Gasteiger partial charge in [0, 0.05) is 6.54 Å². The molecule has 15 heavy (non-hydrogen) atoms. The van der Waals surface area contributed by atoms with E-state index in [0.29, 0.717) is 6.61 Å². The molecule has 1 rings (SSSR count). The Morgan fingerprint density at radius 3 is 2.93 bits per heavy atom. The Balaban J connectivity index is 2.47. The van der Waals surface area contributed by atoms with Crippen LogP contribution in [0.1, 0.15) is 19.8 Å². The second-order valence-electron chi connectivity index (χ2n) is 3.29. The highest BCUT2D eigenvalue weighted by Gasteiger charge is 1.99. The molecule has 2 heteroatoms. The number of benzene rings is 1. The lowest BCUT2D eigenvalue weighted by Gasteiger charge is -2.11. The first kappa shape index (κ1) is 11.6. The van der Waals surface area contributed by atoms with Gasteiger partial charge in [0.05, 0.1) is 12.3 Å². The van der Waals surface area contributed by atoms with Crippen LogP contribution in [0.5, 0.6) is 5.75 Å². The molecule has 0 aliphatic heterocycles. The number of allylic oxidation sites excluding steroid dienone is 1. The summed E-state index contributed by atoms with van der Waals surface area (Å²) in [5, 5.41) is 3.36. The molecule has 0 aliphatic carbocycles. The molecule has 0 spiro atoms. The molecule has 0 saturated heterocycles. The zero-order valence-electron chi connectivity index (χ0n) is 9.33. The van der Waals surface area contributed by atoms with Gasteiger partial charge in [-0.2, -0.15) is 0 Å². The molecule has 2 nitrogen and oxygen atoms in total. The molecule has 1 aromatic carbocycles. The van der Waals surface area contributed by atoms with E-state index < -0.39 is 0 Å². The zero-order chi connectivity index (χ0) is 10.9. The van der Waals surface area contributed by atoms with Gasteiger partial charge in [0.25, 0.3) is 0 Å². The van der Waals surface area contributed by atoms with E-state index in [9.17, 15) is 0 Å². The molecule has 1 aromatic rings. The molecule has 0 amide bonds. The van der Waals surface area contributed by atoms with E-state index in [1.807, 2.05) is 37.3 Å². The lowest BCUT2D eigenvalue weighted by molar-refractivity contribution is 0.341. The highest BCUT2D eigenvalue weighted by molar-refractivity contribution is 5.56. The van der Waals surface area contributed by atoms with Gasteiger partial charge in [0.15, 0.2) is 0 Å². The molecule has 0 unspecified atom stereocenters. The van der Waals surface area contributed by atoms with Crippen LogP contribution in [0.15, 0.2) is 36.9 Å². The van der Waals surface area contributed by atoms with Gasteiger partial charge >= 0.3 is 0 Å². The van der Waals surface area contributed by atoms with E-state index in [4.69, 9.17) is 4.74 Å². The fourth-order valence-electron chi connectivity index (χ4n) is 1.36. The summed E-state index contributed by atoms with van der Waals surface area (Å²) in [4.78, 5) is 0. The van der Waals surface area contributed by atoms with Crippen LogP contribution in [0.2, 0.25) is 0 Å². The molecule has 1 N–H and O–H groups in total. The third-order valence-electron chi connectivity index (χ3n) is 2.09. The van der Waals surface area contributed by atoms with Gasteiger partial charge in [-0.3, -0.25) is 0 Å². The van der Waals surface area contributed by atoms with Crippen molar-refractivity contribution in [2.75, 3.05) is 18.5 Å². The van der Waals surface area contributed by atoms with Crippen molar-refractivity contribution in [3.63, 3.8) is 0 Å². The summed E-state index contributed by atoms with van der Waals surface area (Å²) in [5.41, 5.74) is 1.07. The van der Waals surface area contributed by atoms with Crippen molar-refractivity contribution in [1.82, 2.24) is 0 Å². The van der Waals surface area contributed by atoms with Gasteiger partial charge < -0.3 is 10.1 Å². The minimum absolute atomic E-state index is 0.700. The van der Waals surface area contributed by atoms with Gasteiger partial charge in [-0.15, -0.1) is 6.58 Å². The Labute approximate surface area is 92.0 Å². The van der Waals surface area contributed by atoms with E-state index in [2.05, 4.69) is 11.9 Å². The third-order valence-corrected chi connectivity index (χ3v) is 2.09. The van der Waals surface area contributed by atoms with Gasteiger partial charge in [-0.1, -0.05) is 18.2 Å². The van der Waals surface area contributed by atoms with Crippen LogP contribution >= 0.6 is 0 Å². The quantitative estimate of drug-likeness (QED) is 0.543. The smallest absolute Gasteiger partial charge is 0.142 e. The Morgan fingerprint density at radius 2 is 2.20 bits per heavy atom. The highest BCUT2D eigenvalue weighted by atomic mass is 16.5. The maximum absolute atomic E-state index is 5.51. The number of hydrogen-bond donors (Lipinski definition) is 1. The van der Waals surface area contributed by atoms with Crippen molar-refractivity contribution in [1.29, 1.82) is 0 Å². The second-order valence-corrected chi connectivity index (χ2v) is 3.29. The fraction of sp³-hybridized carbons (Fsp3) is 0.385. The number of nitrogens with one attached hydrogen (secondary N) is 1. The van der Waals surface area contributed by atoms with E-state index in [0.717, 1.165) is 30.8 Å². The molecule has 0 atom stereocenters. The van der Waals surface area contributed by atoms with Crippen LogP contribution < -0.4 is 10.1 Å². The molecular formula is C13H19NO. The van der Waals surface area contributed by atoms with E-state index in [1.165, 1.54) is 0 Å². The first-order chi connectivity index (χ1) is 7.38. The number of para-hydroxylation sites is 2. The minimum atomic E-state index is 0.700. The number of ether oxygens (including phenoxy) is 1. The highest BCUT2D eigenvalue weighted by Crippen LogP contribution is 2.23. The first-order valence-corrected chi connectivity index (χ1v) is 5.45. The molecule has 0 fully saturated rings. The molecule has 0 aromatic heterocycles. The zero-order valence-corrected chi connectivity index (χ0v) is 9.33. The largest absolute Gasteiger partial charge is 0.492 e. The Morgan fingerprint density at radius 1 is 1.40 bits per heavy atom. The van der Waals surface area contributed by atoms with Crippen molar-refractivity contribution < 1.29 is 4.74 Å². The van der Waals surface area contributed by atoms with Crippen molar-refractivity contribution >= 4 is 5.69 Å². The molecular weight excluding hydrogens is 186 g/mol. The van der Waals surface area contributed by atoms with Crippen LogP contribution in [0.25, 0.3) is 0 Å². The van der Waals surface area contributed by atoms with Crippen LogP contribution in [0, 0.1) is 0 Å². The fourth-order valence-corrected chi connectivity index (χ4v) is 1.36. The maximum atomic E-state index is 5.51. The van der Waals surface area contributed by atoms with Crippen LogP contribution in [-0.2, 0) is 0 Å². The average molecular weight is 205 g/mol. The SMILES string of the molecule is C=CCCCNc1ccccc1OCC. The lowest BCUT2D eigenvalue weighted by Crippen LogP contribution is -2.03. The monoisotopic (exact) mass is 205 g/mol. The van der Waals surface area contributed by atoms with E-state index >= 15 is 0 Å². The van der Waals surface area contributed by atoms with Crippen molar-refractivity contribution in [3.8, 4) is 5.75 Å². The van der Waals surface area contributed by atoms with E-state index in [-0.39, 0.29) is 0 Å². The van der Waals surface area contributed by atoms with Crippen LogP contribution in [0.4, 0.5) is 5.69 Å². The molecule has 82 valence electrons. The standard InChI is InChI=1S/C13H19NO/c1-3-5-8-11-14-12-9-6-7-10-13(12)15-4-2/h3,6-7,9-10,14H,1,4-5,8,11H2,2H3. The summed E-state index contributed by atoms with van der Waals surface area (Å²) in [6.45, 7) is 7.35. The van der Waals surface area contributed by atoms with Gasteiger partial charge in [0.1, 0.15) is 5.75 Å². The van der Waals surface area contributed by atoms with Gasteiger partial charge in [0.2, 0.25) is 0 Å². The predicted octanol–water partition coefficient (Wildman–Crippen LogP) is 3.46. The molecule has 0 heterocycles. The molecule has 0 aliphatic rings. The summed E-state index contributed by atoms with van der Waals surface area (Å²) in [7, 11) is 0.